The van der Waals surface area contributed by atoms with Crippen LogP contribution in [0.4, 0.5) is 11.5 Å². The number of hydrogen-bond acceptors (Lipinski definition) is 5. The summed E-state index contributed by atoms with van der Waals surface area (Å²) in [5, 5.41) is 8.05. The van der Waals surface area contributed by atoms with Gasteiger partial charge in [-0.3, -0.25) is 0 Å². The molecule has 0 bridgehead atoms. The number of benzene rings is 2. The summed E-state index contributed by atoms with van der Waals surface area (Å²) in [6.07, 6.45) is 2.03. The Bertz CT molecular complexity index is 1130. The number of hydrogen-bond donors (Lipinski definition) is 2. The number of nitrogens with zero attached hydrogens (tertiary/aromatic N) is 2. The molecule has 0 aliphatic carbocycles. The van der Waals surface area contributed by atoms with Crippen LogP contribution in [0.15, 0.2) is 59.0 Å². The fourth-order valence-corrected chi connectivity index (χ4v) is 3.81. The Hall–Kier alpha value is -3.34. The molecule has 0 saturated carbocycles. The van der Waals surface area contributed by atoms with Gasteiger partial charge >= 0.3 is 0 Å². The molecule has 4 aromatic rings. The summed E-state index contributed by atoms with van der Waals surface area (Å²) >= 11 is 0. The van der Waals surface area contributed by atoms with Crippen LogP contribution in [-0.2, 0) is 13.0 Å². The van der Waals surface area contributed by atoms with E-state index in [9.17, 15) is 0 Å². The molecule has 5 rings (SSSR count). The molecule has 5 nitrogen and oxygen atoms in total. The van der Waals surface area contributed by atoms with Gasteiger partial charge in [-0.2, -0.15) is 0 Å². The molecule has 5 heteroatoms. The number of rotatable bonds is 4. The van der Waals surface area contributed by atoms with Crippen LogP contribution in [0.1, 0.15) is 23.4 Å². The van der Waals surface area contributed by atoms with Crippen molar-refractivity contribution in [3.8, 4) is 11.4 Å². The lowest BCUT2D eigenvalue weighted by molar-refractivity contribution is 0.579. The van der Waals surface area contributed by atoms with Crippen LogP contribution < -0.4 is 10.6 Å². The van der Waals surface area contributed by atoms with E-state index in [0.717, 1.165) is 71.2 Å². The van der Waals surface area contributed by atoms with Crippen molar-refractivity contribution in [1.29, 1.82) is 0 Å². The summed E-state index contributed by atoms with van der Waals surface area (Å²) in [7, 11) is 0. The lowest BCUT2D eigenvalue weighted by atomic mass is 10.1. The van der Waals surface area contributed by atoms with Gasteiger partial charge in [-0.05, 0) is 31.4 Å². The second-order valence-electron chi connectivity index (χ2n) is 7.12. The van der Waals surface area contributed by atoms with Gasteiger partial charge in [0.15, 0.2) is 11.6 Å². The van der Waals surface area contributed by atoms with Crippen molar-refractivity contribution in [1.82, 2.24) is 9.97 Å². The predicted molar refractivity (Wildman–Crippen MR) is 113 cm³/mol. The number of fused-ring (bicyclic) bond motifs is 2. The highest BCUT2D eigenvalue weighted by Gasteiger charge is 2.21. The van der Waals surface area contributed by atoms with E-state index in [-0.39, 0.29) is 0 Å². The predicted octanol–water partition coefficient (Wildman–Crippen LogP) is 5.17. The van der Waals surface area contributed by atoms with Crippen molar-refractivity contribution >= 4 is 22.5 Å². The van der Waals surface area contributed by atoms with Crippen LogP contribution in [-0.4, -0.2) is 16.5 Å². The van der Waals surface area contributed by atoms with Crippen LogP contribution >= 0.6 is 0 Å². The van der Waals surface area contributed by atoms with Crippen molar-refractivity contribution in [3.63, 3.8) is 0 Å². The Morgan fingerprint density at radius 3 is 2.75 bits per heavy atom. The van der Waals surface area contributed by atoms with Gasteiger partial charge in [0, 0.05) is 18.5 Å². The van der Waals surface area contributed by atoms with Gasteiger partial charge in [-0.25, -0.2) is 9.97 Å². The number of nitrogens with one attached hydrogen (secondary N) is 2. The highest BCUT2D eigenvalue weighted by atomic mass is 16.3. The van der Waals surface area contributed by atoms with E-state index in [4.69, 9.17) is 14.4 Å². The first-order valence-electron chi connectivity index (χ1n) is 9.70. The van der Waals surface area contributed by atoms with Crippen LogP contribution in [0.25, 0.3) is 22.4 Å². The van der Waals surface area contributed by atoms with Gasteiger partial charge in [0.2, 0.25) is 0 Å². The average Bonchev–Trinajstić information content (AvgIpc) is 3.08. The second-order valence-corrected chi connectivity index (χ2v) is 7.12. The van der Waals surface area contributed by atoms with E-state index >= 15 is 0 Å². The Morgan fingerprint density at radius 2 is 1.86 bits per heavy atom. The smallest absolute Gasteiger partial charge is 0.166 e. The lowest BCUT2D eigenvalue weighted by Gasteiger charge is -2.21. The third-order valence-corrected chi connectivity index (χ3v) is 5.17. The van der Waals surface area contributed by atoms with E-state index in [1.807, 2.05) is 31.2 Å². The Kier molecular flexibility index (Phi) is 4.20. The van der Waals surface area contributed by atoms with E-state index < -0.39 is 0 Å². The zero-order valence-corrected chi connectivity index (χ0v) is 15.8. The number of furan rings is 1. The van der Waals surface area contributed by atoms with E-state index in [0.29, 0.717) is 0 Å². The summed E-state index contributed by atoms with van der Waals surface area (Å²) < 4.78 is 5.95. The summed E-state index contributed by atoms with van der Waals surface area (Å²) in [6, 6.07) is 18.4. The molecule has 0 saturated heterocycles. The van der Waals surface area contributed by atoms with Crippen molar-refractivity contribution in [2.24, 2.45) is 0 Å². The zero-order valence-electron chi connectivity index (χ0n) is 15.8. The monoisotopic (exact) mass is 370 g/mol. The molecule has 0 fully saturated rings. The Labute approximate surface area is 163 Å². The van der Waals surface area contributed by atoms with Crippen molar-refractivity contribution in [3.05, 3.63) is 71.6 Å². The average molecular weight is 370 g/mol. The fraction of sp³-hybridized carbons (Fsp3) is 0.217. The van der Waals surface area contributed by atoms with E-state index in [1.165, 1.54) is 5.56 Å². The van der Waals surface area contributed by atoms with Gasteiger partial charge in [0.1, 0.15) is 11.3 Å². The van der Waals surface area contributed by atoms with Crippen LogP contribution in [0.3, 0.4) is 0 Å². The highest BCUT2D eigenvalue weighted by molar-refractivity contribution is 5.94. The molecule has 0 spiro atoms. The third-order valence-electron chi connectivity index (χ3n) is 5.17. The maximum absolute atomic E-state index is 5.95. The number of anilines is 2. The molecule has 1 aliphatic rings. The van der Waals surface area contributed by atoms with Crippen molar-refractivity contribution in [2.45, 2.75) is 26.3 Å². The standard InChI is InChI=1S/C23H22N4O/c1-15-20(17-10-5-6-12-19(17)28-15)22-26-18-11-7-13-24-21(18)23(27-22)25-14-16-8-3-2-4-9-16/h2-6,8-10,12,24H,7,11,13-14H2,1H3,(H,25,26,27). The molecule has 3 heterocycles. The molecule has 0 unspecified atom stereocenters. The molecular formula is C23H22N4O. The second kappa shape index (κ2) is 7.00. The first-order valence-corrected chi connectivity index (χ1v) is 9.70. The molecule has 140 valence electrons. The zero-order chi connectivity index (χ0) is 18.9. The molecule has 0 atom stereocenters. The molecule has 0 radical (unpaired) electrons. The minimum Gasteiger partial charge on any atom is -0.461 e. The Morgan fingerprint density at radius 1 is 1.04 bits per heavy atom. The number of aromatic nitrogens is 2. The van der Waals surface area contributed by atoms with Gasteiger partial charge in [-0.1, -0.05) is 48.5 Å². The topological polar surface area (TPSA) is 63.0 Å². The van der Waals surface area contributed by atoms with E-state index in [1.54, 1.807) is 0 Å². The summed E-state index contributed by atoms with van der Waals surface area (Å²) in [5.74, 6) is 2.42. The summed E-state index contributed by atoms with van der Waals surface area (Å²) in [5.41, 5.74) is 5.16. The minimum atomic E-state index is 0.719. The van der Waals surface area contributed by atoms with Crippen LogP contribution in [0.5, 0.6) is 0 Å². The van der Waals surface area contributed by atoms with E-state index in [2.05, 4.69) is 41.0 Å². The molecule has 1 aliphatic heterocycles. The first-order chi connectivity index (χ1) is 13.8. The Balaban J connectivity index is 1.60. The van der Waals surface area contributed by atoms with Crippen LogP contribution in [0, 0.1) is 6.92 Å². The number of aryl methyl sites for hydroxylation is 2. The molecule has 2 N–H and O–H groups in total. The maximum atomic E-state index is 5.95. The highest BCUT2D eigenvalue weighted by Crippen LogP contribution is 2.36. The lowest BCUT2D eigenvalue weighted by Crippen LogP contribution is -2.17. The third kappa shape index (κ3) is 2.99. The largest absolute Gasteiger partial charge is 0.461 e. The van der Waals surface area contributed by atoms with Gasteiger partial charge in [0.05, 0.1) is 16.9 Å². The van der Waals surface area contributed by atoms with Gasteiger partial charge in [0.25, 0.3) is 0 Å². The fourth-order valence-electron chi connectivity index (χ4n) is 3.81. The SMILES string of the molecule is Cc1oc2ccccc2c1-c1nc2c(c(NCc3ccccc3)n1)NCCC2. The van der Waals surface area contributed by atoms with Gasteiger partial charge in [-0.15, -0.1) is 0 Å². The molecule has 0 amide bonds. The summed E-state index contributed by atoms with van der Waals surface area (Å²) in [4.78, 5) is 9.82. The van der Waals surface area contributed by atoms with Gasteiger partial charge < -0.3 is 15.1 Å². The van der Waals surface area contributed by atoms with Crippen LogP contribution in [0.2, 0.25) is 0 Å². The quantitative estimate of drug-likeness (QED) is 0.519. The number of para-hydroxylation sites is 1. The normalized spacial score (nSPS) is 13.2. The summed E-state index contributed by atoms with van der Waals surface area (Å²) in [6.45, 7) is 3.65. The van der Waals surface area contributed by atoms with Crippen molar-refractivity contribution < 1.29 is 4.42 Å². The first kappa shape index (κ1) is 16.8. The van der Waals surface area contributed by atoms with Crippen molar-refractivity contribution in [2.75, 3.05) is 17.2 Å². The molecule has 2 aromatic heterocycles. The molecule has 2 aromatic carbocycles. The molecule has 28 heavy (non-hydrogen) atoms. The molecular weight excluding hydrogens is 348 g/mol. The minimum absolute atomic E-state index is 0.719. The maximum Gasteiger partial charge on any atom is 0.166 e.